The number of thiophene rings is 1. The van der Waals surface area contributed by atoms with E-state index in [1.165, 1.54) is 6.07 Å². The lowest BCUT2D eigenvalue weighted by Gasteiger charge is -2.09. The van der Waals surface area contributed by atoms with Gasteiger partial charge in [0.25, 0.3) is 10.0 Å². The van der Waals surface area contributed by atoms with E-state index in [1.54, 1.807) is 32.0 Å². The third-order valence-electron chi connectivity index (χ3n) is 2.97. The van der Waals surface area contributed by atoms with Gasteiger partial charge in [0.15, 0.2) is 0 Å². The van der Waals surface area contributed by atoms with Crippen molar-refractivity contribution in [1.82, 2.24) is 0 Å². The first-order chi connectivity index (χ1) is 9.70. The van der Waals surface area contributed by atoms with Crippen LogP contribution in [0, 0.1) is 20.8 Å². The first-order valence-corrected chi connectivity index (χ1v) is 8.44. The number of benzene rings is 1. The van der Waals surface area contributed by atoms with Crippen LogP contribution in [-0.4, -0.2) is 19.5 Å². The second kappa shape index (κ2) is 5.50. The summed E-state index contributed by atoms with van der Waals surface area (Å²) in [5.74, 6) is -1.06. The minimum atomic E-state index is -3.72. The number of nitrogens with one attached hydrogen (secondary N) is 1. The van der Waals surface area contributed by atoms with Gasteiger partial charge in [-0.1, -0.05) is 17.7 Å². The lowest BCUT2D eigenvalue weighted by Crippen LogP contribution is -2.13. The average molecular weight is 325 g/mol. The molecule has 0 bridgehead atoms. The Balaban J connectivity index is 2.37. The highest BCUT2D eigenvalue weighted by Crippen LogP contribution is 2.29. The summed E-state index contributed by atoms with van der Waals surface area (Å²) < 4.78 is 27.2. The lowest BCUT2D eigenvalue weighted by atomic mass is 10.2. The number of carboxylic acids is 1. The van der Waals surface area contributed by atoms with Crippen molar-refractivity contribution in [3.8, 4) is 0 Å². The molecule has 0 saturated carbocycles. The van der Waals surface area contributed by atoms with Crippen molar-refractivity contribution in [2.45, 2.75) is 25.7 Å². The fraction of sp³-hybridized carbons (Fsp3) is 0.214. The molecular formula is C14H15NO4S2. The van der Waals surface area contributed by atoms with Gasteiger partial charge in [0, 0.05) is 0 Å². The van der Waals surface area contributed by atoms with Gasteiger partial charge in [0.2, 0.25) is 0 Å². The molecule has 2 rings (SSSR count). The predicted molar refractivity (Wildman–Crippen MR) is 82.7 cm³/mol. The lowest BCUT2D eigenvalue weighted by molar-refractivity contribution is 0.0701. The van der Waals surface area contributed by atoms with Gasteiger partial charge in [-0.15, -0.1) is 11.3 Å². The summed E-state index contributed by atoms with van der Waals surface area (Å²) in [5, 5.41) is 9.30. The van der Waals surface area contributed by atoms with E-state index in [2.05, 4.69) is 4.72 Å². The van der Waals surface area contributed by atoms with Crippen molar-refractivity contribution in [3.63, 3.8) is 0 Å². The summed E-state index contributed by atoms with van der Waals surface area (Å²) in [4.78, 5) is 11.3. The molecular weight excluding hydrogens is 310 g/mol. The molecule has 1 aromatic heterocycles. The summed E-state index contributed by atoms with van der Waals surface area (Å²) in [5.41, 5.74) is 2.16. The number of aryl methyl sites for hydroxylation is 3. The minimum absolute atomic E-state index is 0.133. The molecule has 2 aromatic rings. The standard InChI is InChI=1S/C14H15NO4S2/c1-8-4-5-11(9(2)6-8)21(18,19)15-12-7-10(3)13(20-12)14(16)17/h4-7,15H,1-3H3,(H,16,17). The van der Waals surface area contributed by atoms with E-state index in [0.29, 0.717) is 16.1 Å². The molecule has 0 radical (unpaired) electrons. The Hall–Kier alpha value is -1.86. The van der Waals surface area contributed by atoms with Crippen LogP contribution >= 0.6 is 11.3 Å². The molecule has 21 heavy (non-hydrogen) atoms. The molecule has 0 fully saturated rings. The smallest absolute Gasteiger partial charge is 0.346 e. The molecule has 0 saturated heterocycles. The van der Waals surface area contributed by atoms with Crippen LogP contribution in [0.4, 0.5) is 5.00 Å². The molecule has 7 heteroatoms. The van der Waals surface area contributed by atoms with Crippen LogP contribution in [0.2, 0.25) is 0 Å². The Kier molecular flexibility index (Phi) is 4.06. The second-order valence-corrected chi connectivity index (χ2v) is 7.51. The Morgan fingerprint density at radius 3 is 2.33 bits per heavy atom. The Bertz CT molecular complexity index is 806. The SMILES string of the molecule is Cc1ccc(S(=O)(=O)Nc2cc(C)c(C(=O)O)s2)c(C)c1. The van der Waals surface area contributed by atoms with Crippen LogP contribution < -0.4 is 4.72 Å². The molecule has 5 nitrogen and oxygen atoms in total. The summed E-state index contributed by atoms with van der Waals surface area (Å²) in [6, 6.07) is 6.58. The molecule has 0 aliphatic heterocycles. The number of rotatable bonds is 4. The van der Waals surface area contributed by atoms with Crippen LogP contribution in [0.5, 0.6) is 0 Å². The second-order valence-electron chi connectivity index (χ2n) is 4.80. The van der Waals surface area contributed by atoms with Gasteiger partial charge in [-0.2, -0.15) is 0 Å². The Morgan fingerprint density at radius 2 is 1.81 bits per heavy atom. The zero-order valence-electron chi connectivity index (χ0n) is 11.8. The quantitative estimate of drug-likeness (QED) is 0.904. The van der Waals surface area contributed by atoms with Gasteiger partial charge in [-0.25, -0.2) is 13.2 Å². The minimum Gasteiger partial charge on any atom is -0.477 e. The highest BCUT2D eigenvalue weighted by atomic mass is 32.2. The van der Waals surface area contributed by atoms with Crippen LogP contribution in [0.1, 0.15) is 26.4 Å². The van der Waals surface area contributed by atoms with Crippen LogP contribution in [0.3, 0.4) is 0 Å². The number of sulfonamides is 1. The van der Waals surface area contributed by atoms with Crippen LogP contribution in [0.15, 0.2) is 29.2 Å². The fourth-order valence-corrected chi connectivity index (χ4v) is 4.46. The van der Waals surface area contributed by atoms with Gasteiger partial charge in [0.05, 0.1) is 4.90 Å². The summed E-state index contributed by atoms with van der Waals surface area (Å²) in [7, 11) is -3.72. The number of carboxylic acid groups (broad SMARTS) is 1. The number of anilines is 1. The van der Waals surface area contributed by atoms with E-state index < -0.39 is 16.0 Å². The van der Waals surface area contributed by atoms with E-state index in [-0.39, 0.29) is 9.77 Å². The zero-order valence-corrected chi connectivity index (χ0v) is 13.4. The molecule has 1 aromatic carbocycles. The maximum atomic E-state index is 12.4. The predicted octanol–water partition coefficient (Wildman–Crippen LogP) is 3.17. The molecule has 0 amide bonds. The van der Waals surface area contributed by atoms with Crippen LogP contribution in [-0.2, 0) is 10.0 Å². The van der Waals surface area contributed by atoms with Gasteiger partial charge in [0.1, 0.15) is 9.88 Å². The molecule has 2 N–H and O–H groups in total. The first-order valence-electron chi connectivity index (χ1n) is 6.14. The number of hydrogen-bond acceptors (Lipinski definition) is 4. The number of hydrogen-bond donors (Lipinski definition) is 2. The van der Waals surface area contributed by atoms with Crippen molar-refractivity contribution in [3.05, 3.63) is 45.8 Å². The van der Waals surface area contributed by atoms with Crippen molar-refractivity contribution >= 4 is 32.3 Å². The van der Waals surface area contributed by atoms with E-state index in [4.69, 9.17) is 5.11 Å². The Morgan fingerprint density at radius 1 is 1.14 bits per heavy atom. The van der Waals surface area contributed by atoms with Gasteiger partial charge >= 0.3 is 5.97 Å². The van der Waals surface area contributed by atoms with Crippen molar-refractivity contribution in [2.75, 3.05) is 4.72 Å². The molecule has 0 atom stereocenters. The average Bonchev–Trinajstić information content (AvgIpc) is 2.68. The van der Waals surface area contributed by atoms with E-state index in [9.17, 15) is 13.2 Å². The molecule has 1 heterocycles. The monoisotopic (exact) mass is 325 g/mol. The fourth-order valence-electron chi connectivity index (χ4n) is 2.03. The summed E-state index contributed by atoms with van der Waals surface area (Å²) >= 11 is 0.908. The van der Waals surface area contributed by atoms with E-state index in [0.717, 1.165) is 16.9 Å². The maximum Gasteiger partial charge on any atom is 0.346 e. The van der Waals surface area contributed by atoms with Gasteiger partial charge < -0.3 is 5.11 Å². The summed E-state index contributed by atoms with van der Waals surface area (Å²) in [6.07, 6.45) is 0. The normalized spacial score (nSPS) is 11.4. The Labute approximate surface area is 127 Å². The van der Waals surface area contributed by atoms with Crippen LogP contribution in [0.25, 0.3) is 0 Å². The van der Waals surface area contributed by atoms with Gasteiger partial charge in [-0.05, 0) is 44.0 Å². The molecule has 0 unspecified atom stereocenters. The largest absolute Gasteiger partial charge is 0.477 e. The highest BCUT2D eigenvalue weighted by molar-refractivity contribution is 7.93. The molecule has 0 aliphatic rings. The third kappa shape index (κ3) is 3.25. The highest BCUT2D eigenvalue weighted by Gasteiger charge is 2.20. The van der Waals surface area contributed by atoms with Crippen molar-refractivity contribution < 1.29 is 18.3 Å². The van der Waals surface area contributed by atoms with Gasteiger partial charge in [-0.3, -0.25) is 4.72 Å². The maximum absolute atomic E-state index is 12.4. The topological polar surface area (TPSA) is 83.5 Å². The van der Waals surface area contributed by atoms with Crippen molar-refractivity contribution in [1.29, 1.82) is 0 Å². The summed E-state index contributed by atoms with van der Waals surface area (Å²) in [6.45, 7) is 5.25. The van der Waals surface area contributed by atoms with E-state index in [1.807, 2.05) is 6.92 Å². The number of carbonyl (C=O) groups is 1. The molecule has 0 aliphatic carbocycles. The van der Waals surface area contributed by atoms with E-state index >= 15 is 0 Å². The molecule has 0 spiro atoms. The van der Waals surface area contributed by atoms with Crippen molar-refractivity contribution in [2.24, 2.45) is 0 Å². The zero-order chi connectivity index (χ0) is 15.8. The number of aromatic carboxylic acids is 1. The molecule has 112 valence electrons. The third-order valence-corrected chi connectivity index (χ3v) is 5.76. The first kappa shape index (κ1) is 15.5.